The van der Waals surface area contributed by atoms with E-state index < -0.39 is 5.82 Å². The minimum absolute atomic E-state index is 0.0688. The van der Waals surface area contributed by atoms with E-state index in [-0.39, 0.29) is 23.1 Å². The monoisotopic (exact) mass is 337 g/mol. The van der Waals surface area contributed by atoms with Crippen molar-refractivity contribution in [3.8, 4) is 0 Å². The molecule has 3 rings (SSSR count). The number of benzene rings is 1. The van der Waals surface area contributed by atoms with Crippen LogP contribution in [0.4, 0.5) is 4.39 Å². The highest BCUT2D eigenvalue weighted by Crippen LogP contribution is 2.31. The first kappa shape index (κ1) is 16.0. The highest BCUT2D eigenvalue weighted by molar-refractivity contribution is 6.30. The normalized spacial score (nSPS) is 20.7. The molecular formula is C16H17ClFN3O2. The molecule has 0 radical (unpaired) electrons. The lowest BCUT2D eigenvalue weighted by atomic mass is 10.0. The van der Waals surface area contributed by atoms with E-state index in [0.29, 0.717) is 30.7 Å². The van der Waals surface area contributed by atoms with Crippen LogP contribution in [-0.2, 0) is 11.3 Å². The predicted octanol–water partition coefficient (Wildman–Crippen LogP) is 2.96. The fraction of sp³-hybridized carbons (Fsp3) is 0.375. The molecule has 1 aliphatic heterocycles. The van der Waals surface area contributed by atoms with E-state index in [4.69, 9.17) is 16.3 Å². The molecule has 7 heteroatoms. The fourth-order valence-corrected chi connectivity index (χ4v) is 2.78. The molecule has 1 saturated heterocycles. The number of carbonyl (C=O) groups is 1. The van der Waals surface area contributed by atoms with E-state index in [1.165, 1.54) is 18.3 Å². The molecule has 2 atom stereocenters. The number of hydrogen-bond acceptors (Lipinski definition) is 3. The maximum Gasteiger partial charge on any atom is 0.254 e. The Morgan fingerprint density at radius 3 is 3.09 bits per heavy atom. The van der Waals surface area contributed by atoms with Gasteiger partial charge in [0.05, 0.1) is 22.8 Å². The molecule has 5 nitrogen and oxygen atoms in total. The molecule has 2 unspecified atom stereocenters. The van der Waals surface area contributed by atoms with Gasteiger partial charge in [0.2, 0.25) is 0 Å². The molecule has 1 N–H and O–H groups in total. The van der Waals surface area contributed by atoms with Crippen molar-refractivity contribution < 1.29 is 13.9 Å². The van der Waals surface area contributed by atoms with Crippen LogP contribution in [0, 0.1) is 5.82 Å². The zero-order chi connectivity index (χ0) is 16.4. The summed E-state index contributed by atoms with van der Waals surface area (Å²) in [6, 6.07) is 4.35. The van der Waals surface area contributed by atoms with E-state index >= 15 is 0 Å². The summed E-state index contributed by atoms with van der Waals surface area (Å²) in [5.74, 6) is -0.700. The van der Waals surface area contributed by atoms with Crippen molar-refractivity contribution in [3.63, 3.8) is 0 Å². The number of carbonyl (C=O) groups excluding carboxylic acids is 1. The second kappa shape index (κ2) is 6.68. The van der Waals surface area contributed by atoms with E-state index in [1.807, 2.05) is 6.92 Å². The minimum atomic E-state index is -0.492. The van der Waals surface area contributed by atoms with Crippen molar-refractivity contribution in [2.24, 2.45) is 0 Å². The first-order valence-electron chi connectivity index (χ1n) is 7.48. The van der Waals surface area contributed by atoms with Gasteiger partial charge >= 0.3 is 0 Å². The van der Waals surface area contributed by atoms with E-state index in [9.17, 15) is 9.18 Å². The summed E-state index contributed by atoms with van der Waals surface area (Å²) in [5, 5.41) is 7.10. The molecule has 2 aromatic rings. The number of ether oxygens (including phenoxy) is 1. The third kappa shape index (κ3) is 3.38. The van der Waals surface area contributed by atoms with Gasteiger partial charge in [-0.05, 0) is 31.0 Å². The molecule has 1 aliphatic rings. The second-order valence-corrected chi connectivity index (χ2v) is 5.83. The number of halogens is 2. The average molecular weight is 338 g/mol. The molecule has 122 valence electrons. The molecule has 0 bridgehead atoms. The quantitative estimate of drug-likeness (QED) is 0.933. The van der Waals surface area contributed by atoms with Crippen molar-refractivity contribution in [1.29, 1.82) is 0 Å². The Bertz CT molecular complexity index is 719. The summed E-state index contributed by atoms with van der Waals surface area (Å²) in [6.07, 6.45) is 3.52. The van der Waals surface area contributed by atoms with Gasteiger partial charge in [0.15, 0.2) is 0 Å². The number of aryl methyl sites for hydroxylation is 1. The highest BCUT2D eigenvalue weighted by Gasteiger charge is 2.31. The van der Waals surface area contributed by atoms with Crippen LogP contribution in [0.15, 0.2) is 30.6 Å². The first-order valence-corrected chi connectivity index (χ1v) is 7.86. The lowest BCUT2D eigenvalue weighted by Crippen LogP contribution is -2.36. The Hall–Kier alpha value is -1.92. The van der Waals surface area contributed by atoms with Gasteiger partial charge in [0.25, 0.3) is 5.91 Å². The Labute approximate surface area is 138 Å². The SMILES string of the molecule is CCn1cc(C(=O)NC2CCOC2c2ccc(Cl)c(F)c2)cn1. The van der Waals surface area contributed by atoms with Gasteiger partial charge in [0.1, 0.15) is 11.9 Å². The zero-order valence-corrected chi connectivity index (χ0v) is 13.4. The highest BCUT2D eigenvalue weighted by atomic mass is 35.5. The fourth-order valence-electron chi connectivity index (χ4n) is 2.66. The van der Waals surface area contributed by atoms with E-state index in [1.54, 1.807) is 16.9 Å². The Kier molecular flexibility index (Phi) is 4.63. The van der Waals surface area contributed by atoms with Crippen LogP contribution in [0.25, 0.3) is 0 Å². The van der Waals surface area contributed by atoms with Gasteiger partial charge in [-0.3, -0.25) is 9.48 Å². The summed E-state index contributed by atoms with van der Waals surface area (Å²) < 4.78 is 21.0. The molecular weight excluding hydrogens is 321 g/mol. The van der Waals surface area contributed by atoms with Crippen molar-refractivity contribution in [3.05, 3.63) is 52.6 Å². The third-order valence-corrected chi connectivity index (χ3v) is 4.21. The van der Waals surface area contributed by atoms with Crippen LogP contribution in [-0.4, -0.2) is 28.3 Å². The maximum absolute atomic E-state index is 13.6. The summed E-state index contributed by atoms with van der Waals surface area (Å²) in [4.78, 5) is 12.3. The second-order valence-electron chi connectivity index (χ2n) is 5.42. The first-order chi connectivity index (χ1) is 11.1. The molecule has 1 amide bonds. The molecule has 0 spiro atoms. The van der Waals surface area contributed by atoms with Gasteiger partial charge < -0.3 is 10.1 Å². The van der Waals surface area contributed by atoms with Crippen LogP contribution in [0.2, 0.25) is 5.02 Å². The summed E-state index contributed by atoms with van der Waals surface area (Å²) in [6.45, 7) is 3.16. The zero-order valence-electron chi connectivity index (χ0n) is 12.6. The number of hydrogen-bond donors (Lipinski definition) is 1. The number of rotatable bonds is 4. The smallest absolute Gasteiger partial charge is 0.254 e. The Balaban J connectivity index is 1.73. The lowest BCUT2D eigenvalue weighted by molar-refractivity contribution is 0.0820. The van der Waals surface area contributed by atoms with Crippen LogP contribution in [0.3, 0.4) is 0 Å². The van der Waals surface area contributed by atoms with Gasteiger partial charge in [-0.2, -0.15) is 5.10 Å². The van der Waals surface area contributed by atoms with Crippen molar-refractivity contribution in [1.82, 2.24) is 15.1 Å². The Morgan fingerprint density at radius 2 is 2.39 bits per heavy atom. The van der Waals surface area contributed by atoms with Crippen molar-refractivity contribution in [2.75, 3.05) is 6.61 Å². The van der Waals surface area contributed by atoms with Crippen molar-refractivity contribution >= 4 is 17.5 Å². The van der Waals surface area contributed by atoms with Crippen LogP contribution in [0.5, 0.6) is 0 Å². The number of nitrogens with one attached hydrogen (secondary N) is 1. The van der Waals surface area contributed by atoms with Gasteiger partial charge in [0, 0.05) is 19.3 Å². The molecule has 2 heterocycles. The minimum Gasteiger partial charge on any atom is -0.371 e. The number of aromatic nitrogens is 2. The van der Waals surface area contributed by atoms with Gasteiger partial charge in [-0.1, -0.05) is 17.7 Å². The van der Waals surface area contributed by atoms with Crippen LogP contribution >= 0.6 is 11.6 Å². The lowest BCUT2D eigenvalue weighted by Gasteiger charge is -2.20. The largest absolute Gasteiger partial charge is 0.371 e. The number of nitrogens with zero attached hydrogens (tertiary/aromatic N) is 2. The molecule has 0 saturated carbocycles. The molecule has 1 aromatic heterocycles. The summed E-state index contributed by atoms with van der Waals surface area (Å²) in [7, 11) is 0. The van der Waals surface area contributed by atoms with Gasteiger partial charge in [-0.25, -0.2) is 4.39 Å². The summed E-state index contributed by atoms with van der Waals surface area (Å²) >= 11 is 5.71. The van der Waals surface area contributed by atoms with E-state index in [2.05, 4.69) is 10.4 Å². The van der Waals surface area contributed by atoms with E-state index in [0.717, 1.165) is 0 Å². The third-order valence-electron chi connectivity index (χ3n) is 3.90. The van der Waals surface area contributed by atoms with Crippen LogP contribution in [0.1, 0.15) is 35.4 Å². The predicted molar refractivity (Wildman–Crippen MR) is 83.9 cm³/mol. The van der Waals surface area contributed by atoms with Crippen molar-refractivity contribution in [2.45, 2.75) is 32.0 Å². The Morgan fingerprint density at radius 1 is 1.57 bits per heavy atom. The molecule has 1 fully saturated rings. The maximum atomic E-state index is 13.6. The van der Waals surface area contributed by atoms with Crippen LogP contribution < -0.4 is 5.32 Å². The number of amides is 1. The summed E-state index contributed by atoms with van der Waals surface area (Å²) in [5.41, 5.74) is 1.17. The molecule has 0 aliphatic carbocycles. The molecule has 23 heavy (non-hydrogen) atoms. The molecule has 1 aromatic carbocycles. The topological polar surface area (TPSA) is 56.2 Å². The average Bonchev–Trinajstić information content (AvgIpc) is 3.19. The van der Waals surface area contributed by atoms with Gasteiger partial charge in [-0.15, -0.1) is 0 Å². The standard InChI is InChI=1S/C16H17ClFN3O2/c1-2-21-9-11(8-19-21)16(22)20-14-5-6-23-15(14)10-3-4-12(17)13(18)7-10/h3-4,7-9,14-15H,2,5-6H2,1H3,(H,20,22).